The molecular formula is C50H34Cl4N6O4Zn2. The van der Waals surface area contributed by atoms with Gasteiger partial charge < -0.3 is 20.4 Å². The third-order valence-corrected chi connectivity index (χ3v) is 9.10. The molecule has 0 unspecified atom stereocenters. The van der Waals surface area contributed by atoms with Crippen LogP contribution in [0.2, 0.25) is 20.1 Å². The summed E-state index contributed by atoms with van der Waals surface area (Å²) in [4.78, 5) is 24.9. The van der Waals surface area contributed by atoms with Gasteiger partial charge in [-0.05, 0) is 119 Å². The molecule has 0 radical (unpaired) electrons. The summed E-state index contributed by atoms with van der Waals surface area (Å²) in [6.45, 7) is 0. The molecule has 0 spiro atoms. The van der Waals surface area contributed by atoms with Gasteiger partial charge in [0.25, 0.3) is 0 Å². The van der Waals surface area contributed by atoms with Crippen LogP contribution in [0.3, 0.4) is 0 Å². The average molecular weight is 1060 g/mol. The van der Waals surface area contributed by atoms with E-state index in [1.165, 1.54) is 73.4 Å². The number of aromatic nitrogens is 2. The summed E-state index contributed by atoms with van der Waals surface area (Å²) >= 11 is 23.6. The average Bonchev–Trinajstić information content (AvgIpc) is 3.32. The van der Waals surface area contributed by atoms with Crippen LogP contribution < -0.4 is 20.4 Å². The fraction of sp³-hybridized carbons (Fsp3) is 0. The maximum Gasteiger partial charge on any atom is 2.00 e. The first-order valence-corrected chi connectivity index (χ1v) is 20.5. The fourth-order valence-electron chi connectivity index (χ4n) is 5.03. The van der Waals surface area contributed by atoms with E-state index in [0.717, 1.165) is 0 Å². The summed E-state index contributed by atoms with van der Waals surface area (Å²) < 4.78 is 0. The Bertz CT molecular complexity index is 2450. The summed E-state index contributed by atoms with van der Waals surface area (Å²) in [6, 6.07) is 43.6. The van der Waals surface area contributed by atoms with Crippen LogP contribution in [0.4, 0.5) is 22.7 Å². The molecule has 2 aromatic heterocycles. The van der Waals surface area contributed by atoms with Gasteiger partial charge in [-0.15, -0.1) is 0 Å². The van der Waals surface area contributed by atoms with Gasteiger partial charge in [-0.3, -0.25) is 29.9 Å². The van der Waals surface area contributed by atoms with E-state index in [9.17, 15) is 20.4 Å². The molecule has 8 aromatic rings. The molecule has 0 N–H and O–H groups in total. The molecule has 0 aliphatic carbocycles. The van der Waals surface area contributed by atoms with Crippen LogP contribution in [0.1, 0.15) is 22.3 Å². The Morgan fingerprint density at radius 1 is 0.318 bits per heavy atom. The summed E-state index contributed by atoms with van der Waals surface area (Å²) in [7, 11) is 0. The maximum absolute atomic E-state index is 11.8. The molecule has 0 amide bonds. The Kier molecular flexibility index (Phi) is 24.2. The smallest absolute Gasteiger partial charge is 0.872 e. The van der Waals surface area contributed by atoms with Crippen LogP contribution in [0.15, 0.2) is 202 Å². The van der Waals surface area contributed by atoms with Gasteiger partial charge in [0.1, 0.15) is 0 Å². The van der Waals surface area contributed by atoms with Crippen LogP contribution in [-0.2, 0) is 39.0 Å². The second-order valence-electron chi connectivity index (χ2n) is 12.8. The van der Waals surface area contributed by atoms with Gasteiger partial charge in [0.2, 0.25) is 0 Å². The van der Waals surface area contributed by atoms with Crippen molar-refractivity contribution in [3.05, 3.63) is 225 Å². The molecule has 0 saturated carbocycles. The van der Waals surface area contributed by atoms with E-state index in [-0.39, 0.29) is 62.0 Å². The fourth-order valence-corrected chi connectivity index (χ4v) is 5.75. The van der Waals surface area contributed by atoms with Crippen LogP contribution in [0.5, 0.6) is 23.0 Å². The van der Waals surface area contributed by atoms with Gasteiger partial charge >= 0.3 is 39.0 Å². The van der Waals surface area contributed by atoms with Crippen LogP contribution in [-0.4, -0.2) is 34.8 Å². The zero-order valence-electron chi connectivity index (χ0n) is 34.9. The minimum absolute atomic E-state index is 0. The Hall–Kier alpha value is -6.09. The van der Waals surface area contributed by atoms with Gasteiger partial charge in [0.15, 0.2) is 0 Å². The summed E-state index contributed by atoms with van der Waals surface area (Å²) in [5, 5.41) is 49.2. The van der Waals surface area contributed by atoms with Gasteiger partial charge in [0.05, 0.1) is 22.7 Å². The zero-order valence-corrected chi connectivity index (χ0v) is 43.8. The van der Waals surface area contributed by atoms with Crippen LogP contribution in [0, 0.1) is 0 Å². The van der Waals surface area contributed by atoms with E-state index in [1.54, 1.807) is 97.6 Å². The van der Waals surface area contributed by atoms with E-state index >= 15 is 0 Å². The molecule has 6 aromatic carbocycles. The number of rotatable bonds is 8. The van der Waals surface area contributed by atoms with Crippen molar-refractivity contribution in [2.45, 2.75) is 0 Å². The predicted octanol–water partition coefficient (Wildman–Crippen LogP) is 11.4. The van der Waals surface area contributed by atoms with Gasteiger partial charge in [-0.2, -0.15) is 0 Å². The van der Waals surface area contributed by atoms with E-state index in [0.29, 0.717) is 65.1 Å². The number of aliphatic imine (C=N–C) groups is 4. The van der Waals surface area contributed by atoms with E-state index < -0.39 is 0 Å². The molecule has 16 heteroatoms. The summed E-state index contributed by atoms with van der Waals surface area (Å²) in [5.41, 5.74) is 3.74. The molecule has 0 fully saturated rings. The number of nitrogens with zero attached hydrogens (tertiary/aromatic N) is 6. The Morgan fingerprint density at radius 2 is 0.545 bits per heavy atom. The molecule has 0 saturated heterocycles. The molecule has 0 aliphatic heterocycles. The SMILES string of the molecule is [O-]c1ccc(Cl)cc1C=Nc1ccccc1N=Cc1cc(Cl)ccc1[O-].[O-]c1ccc(Cl)cc1C=Nc1ccccc1N=Cc1cc(Cl)ccc1[O-].[Zn+2].[Zn+2].c1ccncc1.c1ccncc1. The molecule has 66 heavy (non-hydrogen) atoms. The zero-order chi connectivity index (χ0) is 45.5. The summed E-state index contributed by atoms with van der Waals surface area (Å²) in [6.07, 6.45) is 12.8. The number of benzene rings is 6. The predicted molar refractivity (Wildman–Crippen MR) is 254 cm³/mol. The standard InChI is InChI=1S/2C20H14Cl2N2O2.2C5H5N.2Zn/c2*21-15-5-7-19(25)13(9-15)11-23-17-3-1-2-4-18(17)24-12-14-10-16(22)6-8-20(14)26;2*1-2-4-6-5-3-1;;/h2*1-12,25-26H;2*1-5H;;/q;;;;2*+2/p-4. The second-order valence-corrected chi connectivity index (χ2v) is 14.5. The minimum Gasteiger partial charge on any atom is -0.872 e. The quantitative estimate of drug-likeness (QED) is 0.108. The molecule has 8 rings (SSSR count). The van der Waals surface area contributed by atoms with Crippen molar-refractivity contribution in [2.24, 2.45) is 20.0 Å². The van der Waals surface area contributed by atoms with E-state index in [4.69, 9.17) is 46.4 Å². The molecule has 320 valence electrons. The molecular weight excluding hydrogens is 1020 g/mol. The van der Waals surface area contributed by atoms with Crippen molar-refractivity contribution >= 4 is 94.0 Å². The van der Waals surface area contributed by atoms with Crippen molar-refractivity contribution in [1.29, 1.82) is 0 Å². The number of para-hydroxylation sites is 4. The largest absolute Gasteiger partial charge is 2.00 e. The molecule has 0 bridgehead atoms. The number of halogens is 4. The van der Waals surface area contributed by atoms with Crippen molar-refractivity contribution in [1.82, 2.24) is 9.97 Å². The van der Waals surface area contributed by atoms with Crippen LogP contribution in [0.25, 0.3) is 0 Å². The first-order valence-electron chi connectivity index (χ1n) is 19.0. The Labute approximate surface area is 427 Å². The maximum atomic E-state index is 11.8. The third kappa shape index (κ3) is 18.8. The number of hydrogen-bond donors (Lipinski definition) is 0. The molecule has 2 heterocycles. The second kappa shape index (κ2) is 29.4. The number of pyridine rings is 2. The molecule has 0 atom stereocenters. The molecule has 0 aliphatic rings. The van der Waals surface area contributed by atoms with Crippen molar-refractivity contribution in [2.75, 3.05) is 0 Å². The van der Waals surface area contributed by atoms with Crippen molar-refractivity contribution < 1.29 is 59.4 Å². The first-order chi connectivity index (χ1) is 31.0. The van der Waals surface area contributed by atoms with Gasteiger partial charge in [0, 0.05) is 69.7 Å². The normalized spacial score (nSPS) is 10.5. The Morgan fingerprint density at radius 3 is 0.727 bits per heavy atom. The topological polar surface area (TPSA) is 167 Å². The Balaban J connectivity index is 0.000000272. The number of hydrogen-bond acceptors (Lipinski definition) is 10. The van der Waals surface area contributed by atoms with Crippen molar-refractivity contribution in [3.63, 3.8) is 0 Å². The van der Waals surface area contributed by atoms with Crippen LogP contribution >= 0.6 is 46.4 Å². The first kappa shape index (κ1) is 54.2. The summed E-state index contributed by atoms with van der Waals surface area (Å²) in [5.74, 6) is -0.689. The van der Waals surface area contributed by atoms with E-state index in [2.05, 4.69) is 29.9 Å². The van der Waals surface area contributed by atoms with Gasteiger partial charge in [-0.25, -0.2) is 0 Å². The third-order valence-electron chi connectivity index (χ3n) is 8.15. The van der Waals surface area contributed by atoms with Gasteiger partial charge in [-0.1, -0.05) is 130 Å². The van der Waals surface area contributed by atoms with E-state index in [1.807, 2.05) is 36.4 Å². The minimum atomic E-state index is -0.172. The molecule has 10 nitrogen and oxygen atoms in total. The van der Waals surface area contributed by atoms with Crippen molar-refractivity contribution in [3.8, 4) is 23.0 Å². The monoisotopic (exact) mass is 1050 g/mol.